The summed E-state index contributed by atoms with van der Waals surface area (Å²) in [6.07, 6.45) is 6.41. The summed E-state index contributed by atoms with van der Waals surface area (Å²) in [4.78, 5) is 14.1. The van der Waals surface area contributed by atoms with Gasteiger partial charge in [-0.1, -0.05) is 25.7 Å². The molecule has 1 heterocycles. The number of hydrogen-bond acceptors (Lipinski definition) is 4. The van der Waals surface area contributed by atoms with Crippen LogP contribution in [-0.4, -0.2) is 60.4 Å². The number of aliphatic hydroxyl groups is 1. The molecule has 1 aliphatic heterocycles. The van der Waals surface area contributed by atoms with Crippen molar-refractivity contribution in [2.45, 2.75) is 56.7 Å². The fourth-order valence-corrected chi connectivity index (χ4v) is 3.45. The van der Waals surface area contributed by atoms with Crippen molar-refractivity contribution in [1.29, 1.82) is 0 Å². The lowest BCUT2D eigenvalue weighted by molar-refractivity contribution is -0.159. The van der Waals surface area contributed by atoms with Crippen LogP contribution in [0.2, 0.25) is 0 Å². The quantitative estimate of drug-likeness (QED) is 0.756. The molecule has 1 atom stereocenters. The SMILES string of the molecule is CNC(=O)[C@]1(C)CN(CC2(O)CCCCCC2)CCO1. The van der Waals surface area contributed by atoms with E-state index in [2.05, 4.69) is 10.2 Å². The van der Waals surface area contributed by atoms with Crippen LogP contribution in [0, 0.1) is 0 Å². The van der Waals surface area contributed by atoms with Gasteiger partial charge in [-0.2, -0.15) is 0 Å². The number of ether oxygens (including phenoxy) is 1. The largest absolute Gasteiger partial charge is 0.389 e. The van der Waals surface area contributed by atoms with E-state index in [1.807, 2.05) is 6.92 Å². The third-order valence-corrected chi connectivity index (χ3v) is 4.61. The number of morpholine rings is 1. The van der Waals surface area contributed by atoms with Gasteiger partial charge in [-0.15, -0.1) is 0 Å². The summed E-state index contributed by atoms with van der Waals surface area (Å²) in [5.41, 5.74) is -1.38. The Bertz CT molecular complexity index is 340. The molecule has 1 aliphatic carbocycles. The van der Waals surface area contributed by atoms with Crippen molar-refractivity contribution >= 4 is 5.91 Å². The maximum absolute atomic E-state index is 11.9. The van der Waals surface area contributed by atoms with Gasteiger partial charge in [0.1, 0.15) is 0 Å². The predicted molar refractivity (Wildman–Crippen MR) is 77.5 cm³/mol. The fourth-order valence-electron chi connectivity index (χ4n) is 3.45. The second kappa shape index (κ2) is 6.41. The second-order valence-electron chi connectivity index (χ2n) is 6.51. The number of carbonyl (C=O) groups is 1. The van der Waals surface area contributed by atoms with Crippen LogP contribution in [0.25, 0.3) is 0 Å². The van der Waals surface area contributed by atoms with Gasteiger partial charge in [-0.25, -0.2) is 0 Å². The van der Waals surface area contributed by atoms with Crippen molar-refractivity contribution in [3.05, 3.63) is 0 Å². The van der Waals surface area contributed by atoms with Crippen LogP contribution in [0.1, 0.15) is 45.4 Å². The van der Waals surface area contributed by atoms with Crippen LogP contribution < -0.4 is 5.32 Å². The van der Waals surface area contributed by atoms with Crippen LogP contribution in [0.4, 0.5) is 0 Å². The van der Waals surface area contributed by atoms with Gasteiger partial charge in [-0.3, -0.25) is 9.69 Å². The Hall–Kier alpha value is -0.650. The molecular weight excluding hydrogens is 256 g/mol. The molecule has 1 saturated heterocycles. The highest BCUT2D eigenvalue weighted by atomic mass is 16.5. The Labute approximate surface area is 121 Å². The third-order valence-electron chi connectivity index (χ3n) is 4.61. The summed E-state index contributed by atoms with van der Waals surface area (Å²) in [5, 5.41) is 13.5. The zero-order chi connectivity index (χ0) is 14.6. The second-order valence-corrected chi connectivity index (χ2v) is 6.51. The topological polar surface area (TPSA) is 61.8 Å². The van der Waals surface area contributed by atoms with Gasteiger partial charge in [0.05, 0.1) is 12.2 Å². The third kappa shape index (κ3) is 3.71. The first kappa shape index (κ1) is 15.7. The average molecular weight is 284 g/mol. The van der Waals surface area contributed by atoms with Crippen molar-refractivity contribution in [2.75, 3.05) is 33.3 Å². The number of β-amino-alcohol motifs (C(OH)–C–C–N with tert-alkyl or cyclic N) is 1. The highest BCUT2D eigenvalue weighted by molar-refractivity contribution is 5.84. The molecule has 0 bridgehead atoms. The van der Waals surface area contributed by atoms with Gasteiger partial charge in [0, 0.05) is 26.7 Å². The Morgan fingerprint density at radius 3 is 2.55 bits per heavy atom. The fraction of sp³-hybridized carbons (Fsp3) is 0.933. The van der Waals surface area contributed by atoms with Gasteiger partial charge < -0.3 is 15.2 Å². The smallest absolute Gasteiger partial charge is 0.253 e. The molecule has 2 aliphatic rings. The number of rotatable bonds is 3. The monoisotopic (exact) mass is 284 g/mol. The van der Waals surface area contributed by atoms with Gasteiger partial charge in [0.2, 0.25) is 0 Å². The summed E-state index contributed by atoms with van der Waals surface area (Å²) in [7, 11) is 1.63. The Kier molecular flexibility index (Phi) is 5.04. The predicted octanol–water partition coefficient (Wildman–Crippen LogP) is 0.909. The standard InChI is InChI=1S/C15H28N2O3/c1-14(13(18)16-2)11-17(9-10-20-14)12-15(19)7-5-3-4-6-8-15/h19H,3-12H2,1-2H3,(H,16,18)/t14-/m0/s1. The van der Waals surface area contributed by atoms with E-state index in [1.165, 1.54) is 12.8 Å². The van der Waals surface area contributed by atoms with Crippen LogP contribution in [0.3, 0.4) is 0 Å². The normalized spacial score (nSPS) is 31.6. The molecule has 0 aromatic carbocycles. The molecule has 2 rings (SSSR count). The van der Waals surface area contributed by atoms with Crippen molar-refractivity contribution in [3.63, 3.8) is 0 Å². The minimum atomic E-state index is -0.798. The molecule has 2 fully saturated rings. The maximum Gasteiger partial charge on any atom is 0.253 e. The number of likely N-dealkylation sites (N-methyl/N-ethyl adjacent to an activating group) is 1. The molecule has 116 valence electrons. The minimum Gasteiger partial charge on any atom is -0.389 e. The molecule has 20 heavy (non-hydrogen) atoms. The lowest BCUT2D eigenvalue weighted by Gasteiger charge is -2.42. The Balaban J connectivity index is 1.96. The van der Waals surface area contributed by atoms with E-state index in [9.17, 15) is 9.90 Å². The van der Waals surface area contributed by atoms with Crippen LogP contribution >= 0.6 is 0 Å². The van der Waals surface area contributed by atoms with E-state index in [1.54, 1.807) is 7.05 Å². The lowest BCUT2D eigenvalue weighted by atomic mass is 9.92. The number of carbonyl (C=O) groups excluding carboxylic acids is 1. The number of nitrogens with zero attached hydrogens (tertiary/aromatic N) is 1. The van der Waals surface area contributed by atoms with E-state index in [0.29, 0.717) is 19.7 Å². The first-order valence-corrected chi connectivity index (χ1v) is 7.78. The van der Waals surface area contributed by atoms with E-state index < -0.39 is 11.2 Å². The number of nitrogens with one attached hydrogen (secondary N) is 1. The maximum atomic E-state index is 11.9. The highest BCUT2D eigenvalue weighted by Crippen LogP contribution is 2.29. The Morgan fingerprint density at radius 2 is 1.95 bits per heavy atom. The lowest BCUT2D eigenvalue weighted by Crippen LogP contribution is -2.59. The van der Waals surface area contributed by atoms with E-state index in [0.717, 1.165) is 32.2 Å². The summed E-state index contributed by atoms with van der Waals surface area (Å²) in [6.45, 7) is 4.36. The van der Waals surface area contributed by atoms with Crippen LogP contribution in [-0.2, 0) is 9.53 Å². The molecule has 1 saturated carbocycles. The van der Waals surface area contributed by atoms with Crippen molar-refractivity contribution < 1.29 is 14.6 Å². The number of hydrogen-bond donors (Lipinski definition) is 2. The molecule has 0 unspecified atom stereocenters. The molecule has 0 aromatic heterocycles. The van der Waals surface area contributed by atoms with Gasteiger partial charge >= 0.3 is 0 Å². The van der Waals surface area contributed by atoms with Gasteiger partial charge in [-0.05, 0) is 19.8 Å². The molecule has 2 N–H and O–H groups in total. The first-order valence-electron chi connectivity index (χ1n) is 7.78. The Morgan fingerprint density at radius 1 is 1.30 bits per heavy atom. The number of amides is 1. The summed E-state index contributed by atoms with van der Waals surface area (Å²) in [6, 6.07) is 0. The van der Waals surface area contributed by atoms with E-state index >= 15 is 0 Å². The van der Waals surface area contributed by atoms with Crippen molar-refractivity contribution in [1.82, 2.24) is 10.2 Å². The highest BCUT2D eigenvalue weighted by Gasteiger charge is 2.41. The molecule has 5 heteroatoms. The van der Waals surface area contributed by atoms with Gasteiger partial charge in [0.15, 0.2) is 5.60 Å². The van der Waals surface area contributed by atoms with E-state index in [-0.39, 0.29) is 5.91 Å². The zero-order valence-corrected chi connectivity index (χ0v) is 12.8. The van der Waals surface area contributed by atoms with Crippen molar-refractivity contribution in [2.24, 2.45) is 0 Å². The molecule has 5 nitrogen and oxygen atoms in total. The minimum absolute atomic E-state index is 0.0879. The molecule has 1 amide bonds. The van der Waals surface area contributed by atoms with Crippen LogP contribution in [0.15, 0.2) is 0 Å². The molecular formula is C15H28N2O3. The average Bonchev–Trinajstić information content (AvgIpc) is 2.62. The van der Waals surface area contributed by atoms with Crippen LogP contribution in [0.5, 0.6) is 0 Å². The molecule has 0 aromatic rings. The summed E-state index contributed by atoms with van der Waals surface area (Å²) < 4.78 is 5.66. The molecule has 0 radical (unpaired) electrons. The van der Waals surface area contributed by atoms with E-state index in [4.69, 9.17) is 4.74 Å². The first-order chi connectivity index (χ1) is 9.47. The summed E-state index contributed by atoms with van der Waals surface area (Å²) in [5.74, 6) is -0.0879. The van der Waals surface area contributed by atoms with Gasteiger partial charge in [0.25, 0.3) is 5.91 Å². The van der Waals surface area contributed by atoms with Crippen molar-refractivity contribution in [3.8, 4) is 0 Å². The summed E-state index contributed by atoms with van der Waals surface area (Å²) >= 11 is 0. The zero-order valence-electron chi connectivity index (χ0n) is 12.8. The molecule has 0 spiro atoms.